The number of carbonyl (C=O) groups is 1. The van der Waals surface area contributed by atoms with E-state index in [1.54, 1.807) is 12.1 Å². The topological polar surface area (TPSA) is 83.7 Å². The summed E-state index contributed by atoms with van der Waals surface area (Å²) in [5, 5.41) is 5.23. The normalized spacial score (nSPS) is 23.6. The second-order valence-corrected chi connectivity index (χ2v) is 8.72. The number of carbonyl (C=O) groups excluding carboxylic acids is 1. The molecule has 0 radical (unpaired) electrons. The number of nitrogens with two attached hydrogens (primary N) is 1. The van der Waals surface area contributed by atoms with Crippen molar-refractivity contribution in [3.8, 4) is 0 Å². The van der Waals surface area contributed by atoms with Crippen LogP contribution in [0.15, 0.2) is 23.1 Å². The van der Waals surface area contributed by atoms with E-state index >= 15 is 0 Å². The Morgan fingerprint density at radius 1 is 1.32 bits per heavy atom. The van der Waals surface area contributed by atoms with Crippen molar-refractivity contribution in [1.82, 2.24) is 4.90 Å². The first-order valence-corrected chi connectivity index (χ1v) is 10.6. The van der Waals surface area contributed by atoms with E-state index in [9.17, 15) is 13.2 Å². The van der Waals surface area contributed by atoms with Crippen LogP contribution in [0.3, 0.4) is 0 Å². The Morgan fingerprint density at radius 2 is 2.08 bits per heavy atom. The van der Waals surface area contributed by atoms with E-state index < -0.39 is 10.0 Å². The van der Waals surface area contributed by atoms with E-state index in [1.807, 2.05) is 4.90 Å². The zero-order valence-electron chi connectivity index (χ0n) is 14.9. The number of rotatable bonds is 4. The molecule has 0 saturated carbocycles. The first-order chi connectivity index (χ1) is 11.8. The molecule has 2 unspecified atom stereocenters. The maximum Gasteiger partial charge on any atom is 0.242 e. The van der Waals surface area contributed by atoms with Gasteiger partial charge in [-0.25, -0.2) is 13.6 Å². The maximum absolute atomic E-state index is 12.9. The van der Waals surface area contributed by atoms with Crippen molar-refractivity contribution in [2.75, 3.05) is 18.0 Å². The number of likely N-dealkylation sites (tertiary alicyclic amines) is 1. The van der Waals surface area contributed by atoms with Crippen LogP contribution in [0.5, 0.6) is 0 Å². The molecule has 2 atom stereocenters. The molecule has 3 rings (SSSR count). The predicted molar refractivity (Wildman–Crippen MR) is 98.0 cm³/mol. The van der Waals surface area contributed by atoms with Crippen LogP contribution in [0.1, 0.15) is 45.1 Å². The van der Waals surface area contributed by atoms with Crippen LogP contribution >= 0.6 is 0 Å². The van der Waals surface area contributed by atoms with Gasteiger partial charge in [0.2, 0.25) is 15.9 Å². The quantitative estimate of drug-likeness (QED) is 0.883. The molecule has 7 heteroatoms. The van der Waals surface area contributed by atoms with Gasteiger partial charge in [0.05, 0.1) is 11.4 Å². The third-order valence-electron chi connectivity index (χ3n) is 5.46. The van der Waals surface area contributed by atoms with Gasteiger partial charge in [0.15, 0.2) is 0 Å². The van der Waals surface area contributed by atoms with E-state index in [4.69, 9.17) is 5.14 Å². The summed E-state index contributed by atoms with van der Waals surface area (Å²) in [6.45, 7) is 5.40. The molecule has 1 aromatic rings. The van der Waals surface area contributed by atoms with Crippen molar-refractivity contribution < 1.29 is 13.2 Å². The van der Waals surface area contributed by atoms with E-state index in [-0.39, 0.29) is 16.8 Å². The summed E-state index contributed by atoms with van der Waals surface area (Å²) in [6, 6.07) is 5.46. The molecular formula is C18H27N3O3S. The molecule has 2 N–H and O–H groups in total. The molecule has 0 spiro atoms. The Bertz CT molecular complexity index is 763. The van der Waals surface area contributed by atoms with Gasteiger partial charge in [0.1, 0.15) is 0 Å². The molecule has 2 aliphatic rings. The highest BCUT2D eigenvalue weighted by Crippen LogP contribution is 2.34. The van der Waals surface area contributed by atoms with E-state index in [2.05, 4.69) is 18.7 Å². The highest BCUT2D eigenvalue weighted by atomic mass is 32.2. The fourth-order valence-corrected chi connectivity index (χ4v) is 4.64. The highest BCUT2D eigenvalue weighted by Gasteiger charge is 2.32. The summed E-state index contributed by atoms with van der Waals surface area (Å²) in [6.07, 6.45) is 5.08. The first-order valence-electron chi connectivity index (χ1n) is 9.03. The monoisotopic (exact) mass is 365 g/mol. The fourth-order valence-electron chi connectivity index (χ4n) is 4.08. The van der Waals surface area contributed by atoms with Crippen molar-refractivity contribution in [1.29, 1.82) is 0 Å². The lowest BCUT2D eigenvalue weighted by molar-refractivity contribution is -0.133. The standard InChI is InChI=1S/C18H27N3O3S/c1-3-15-6-4-5-9-20(15)18(22)12-21-13(2)10-14-11-16(25(19,23)24)7-8-17(14)21/h7-8,11,13,15H,3-6,9-10,12H2,1-2H3,(H2,19,23,24). The second kappa shape index (κ2) is 6.96. The Morgan fingerprint density at radius 3 is 2.76 bits per heavy atom. The molecule has 1 amide bonds. The van der Waals surface area contributed by atoms with Crippen molar-refractivity contribution in [3.05, 3.63) is 23.8 Å². The summed E-state index contributed by atoms with van der Waals surface area (Å²) >= 11 is 0. The average Bonchev–Trinajstić information content (AvgIpc) is 2.89. The maximum atomic E-state index is 12.9. The van der Waals surface area contributed by atoms with Crippen LogP contribution < -0.4 is 10.0 Å². The van der Waals surface area contributed by atoms with Crippen LogP contribution in [0, 0.1) is 0 Å². The van der Waals surface area contributed by atoms with Gasteiger partial charge in [-0.15, -0.1) is 0 Å². The largest absolute Gasteiger partial charge is 0.359 e. The minimum Gasteiger partial charge on any atom is -0.359 e. The predicted octanol–water partition coefficient (Wildman–Crippen LogP) is 1.88. The average molecular weight is 365 g/mol. The molecule has 0 aliphatic carbocycles. The molecule has 25 heavy (non-hydrogen) atoms. The molecule has 1 fully saturated rings. The molecule has 1 saturated heterocycles. The van der Waals surface area contributed by atoms with Gasteiger partial charge in [0.25, 0.3) is 0 Å². The molecule has 2 aliphatic heterocycles. The van der Waals surface area contributed by atoms with Gasteiger partial charge < -0.3 is 9.80 Å². The molecule has 1 aromatic carbocycles. The van der Waals surface area contributed by atoms with Gasteiger partial charge in [-0.05, 0) is 62.8 Å². The number of hydrogen-bond acceptors (Lipinski definition) is 4. The van der Waals surface area contributed by atoms with Crippen LogP contribution in [0.4, 0.5) is 5.69 Å². The number of hydrogen-bond donors (Lipinski definition) is 1. The zero-order valence-corrected chi connectivity index (χ0v) is 15.8. The molecule has 0 bridgehead atoms. The number of piperidine rings is 1. The summed E-state index contributed by atoms with van der Waals surface area (Å²) in [4.78, 5) is 17.1. The summed E-state index contributed by atoms with van der Waals surface area (Å²) in [5.74, 6) is 0.168. The van der Waals surface area contributed by atoms with Crippen LogP contribution in [0.2, 0.25) is 0 Å². The molecule has 138 valence electrons. The van der Waals surface area contributed by atoms with Gasteiger partial charge in [-0.3, -0.25) is 4.79 Å². The SMILES string of the molecule is CCC1CCCCN1C(=O)CN1c2ccc(S(N)(=O)=O)cc2CC1C. The Labute approximate surface area is 150 Å². The first kappa shape index (κ1) is 18.2. The number of amides is 1. The minimum absolute atomic E-state index is 0.133. The summed E-state index contributed by atoms with van der Waals surface area (Å²) < 4.78 is 23.1. The van der Waals surface area contributed by atoms with Crippen molar-refractivity contribution in [3.63, 3.8) is 0 Å². The van der Waals surface area contributed by atoms with E-state index in [0.717, 1.165) is 43.5 Å². The van der Waals surface area contributed by atoms with E-state index in [0.29, 0.717) is 12.6 Å². The lowest BCUT2D eigenvalue weighted by atomic mass is 10.00. The minimum atomic E-state index is -3.70. The van der Waals surface area contributed by atoms with Gasteiger partial charge in [-0.1, -0.05) is 6.92 Å². The van der Waals surface area contributed by atoms with Crippen LogP contribution in [0.25, 0.3) is 0 Å². The lowest BCUT2D eigenvalue weighted by Gasteiger charge is -2.37. The van der Waals surface area contributed by atoms with Gasteiger partial charge in [-0.2, -0.15) is 0 Å². The summed E-state index contributed by atoms with van der Waals surface area (Å²) in [7, 11) is -3.70. The van der Waals surface area contributed by atoms with Crippen LogP contribution in [-0.4, -0.2) is 44.4 Å². The number of sulfonamides is 1. The molecule has 2 heterocycles. The Hall–Kier alpha value is -1.60. The zero-order chi connectivity index (χ0) is 18.2. The molecule has 6 nitrogen and oxygen atoms in total. The van der Waals surface area contributed by atoms with Gasteiger partial charge >= 0.3 is 0 Å². The smallest absolute Gasteiger partial charge is 0.242 e. The lowest BCUT2D eigenvalue weighted by Crippen LogP contribution is -2.48. The fraction of sp³-hybridized carbons (Fsp3) is 0.611. The second-order valence-electron chi connectivity index (χ2n) is 7.16. The third-order valence-corrected chi connectivity index (χ3v) is 6.37. The van der Waals surface area contributed by atoms with Crippen LogP contribution in [-0.2, 0) is 21.2 Å². The number of nitrogens with zero attached hydrogens (tertiary/aromatic N) is 2. The number of anilines is 1. The third kappa shape index (κ3) is 3.67. The highest BCUT2D eigenvalue weighted by molar-refractivity contribution is 7.89. The summed E-state index contributed by atoms with van der Waals surface area (Å²) in [5.41, 5.74) is 1.89. The van der Waals surface area contributed by atoms with Crippen molar-refractivity contribution >= 4 is 21.6 Å². The Kier molecular flexibility index (Phi) is 5.06. The van der Waals surface area contributed by atoms with Crippen molar-refractivity contribution in [2.24, 2.45) is 5.14 Å². The molecular weight excluding hydrogens is 338 g/mol. The molecule has 0 aromatic heterocycles. The number of primary sulfonamides is 1. The van der Waals surface area contributed by atoms with Gasteiger partial charge in [0, 0.05) is 24.3 Å². The number of benzene rings is 1. The van der Waals surface area contributed by atoms with Crippen molar-refractivity contribution in [2.45, 2.75) is 62.9 Å². The van der Waals surface area contributed by atoms with E-state index in [1.165, 1.54) is 12.5 Å². The Balaban J connectivity index is 1.79. The number of fused-ring (bicyclic) bond motifs is 1.